The molecular weight excluding hydrogens is 414 g/mol. The SMILES string of the molecule is CC(C)n1nc(C(=O)Oc2ccc(NC(=O)c3cccs3)cc2)c2ccccc2c1=O. The molecule has 2 heterocycles. The second kappa shape index (κ2) is 8.53. The Morgan fingerprint density at radius 1 is 1.00 bits per heavy atom. The third kappa shape index (κ3) is 4.24. The van der Waals surface area contributed by atoms with Gasteiger partial charge in [0.15, 0.2) is 5.69 Å². The van der Waals surface area contributed by atoms with Gasteiger partial charge in [-0.1, -0.05) is 24.3 Å². The van der Waals surface area contributed by atoms with Crippen molar-refractivity contribution in [2.24, 2.45) is 0 Å². The fraction of sp³-hybridized carbons (Fsp3) is 0.130. The second-order valence-corrected chi connectivity index (χ2v) is 8.03. The Morgan fingerprint density at radius 2 is 1.71 bits per heavy atom. The van der Waals surface area contributed by atoms with Gasteiger partial charge in [0.25, 0.3) is 11.5 Å². The number of carbonyl (C=O) groups is 2. The number of carbonyl (C=O) groups excluding carboxylic acids is 2. The van der Waals surface area contributed by atoms with Crippen LogP contribution < -0.4 is 15.6 Å². The van der Waals surface area contributed by atoms with E-state index in [4.69, 9.17) is 4.74 Å². The number of nitrogens with one attached hydrogen (secondary N) is 1. The number of aromatic nitrogens is 2. The number of ether oxygens (including phenoxy) is 1. The van der Waals surface area contributed by atoms with Crippen LogP contribution in [-0.4, -0.2) is 21.7 Å². The van der Waals surface area contributed by atoms with E-state index in [1.807, 2.05) is 25.3 Å². The Labute approximate surface area is 181 Å². The summed E-state index contributed by atoms with van der Waals surface area (Å²) in [7, 11) is 0. The summed E-state index contributed by atoms with van der Waals surface area (Å²) in [5.74, 6) is -0.570. The lowest BCUT2D eigenvalue weighted by molar-refractivity contribution is 0.0727. The van der Waals surface area contributed by atoms with Crippen LogP contribution in [0.4, 0.5) is 5.69 Å². The predicted octanol–water partition coefficient (Wildman–Crippen LogP) is 4.51. The standard InChI is InChI=1S/C23H19N3O4S/c1-14(2)26-22(28)18-7-4-3-6-17(18)20(25-26)23(29)30-16-11-9-15(10-12-16)24-21(27)19-8-5-13-31-19/h3-14H,1-2H3,(H,24,27). The van der Waals surface area contributed by atoms with Crippen LogP contribution in [-0.2, 0) is 0 Å². The number of hydrogen-bond donors (Lipinski definition) is 1. The number of esters is 1. The molecule has 0 unspecified atom stereocenters. The summed E-state index contributed by atoms with van der Waals surface area (Å²) in [6.07, 6.45) is 0. The number of amides is 1. The minimum atomic E-state index is -0.666. The molecule has 1 N–H and O–H groups in total. The fourth-order valence-corrected chi connectivity index (χ4v) is 3.69. The minimum Gasteiger partial charge on any atom is -0.422 e. The summed E-state index contributed by atoms with van der Waals surface area (Å²) in [5.41, 5.74) is 0.391. The Kier molecular flexibility index (Phi) is 5.64. The van der Waals surface area contributed by atoms with Crippen molar-refractivity contribution in [3.8, 4) is 5.75 Å². The molecule has 0 aliphatic carbocycles. The first-order chi connectivity index (χ1) is 14.9. The van der Waals surface area contributed by atoms with Gasteiger partial charge in [-0.3, -0.25) is 9.59 Å². The van der Waals surface area contributed by atoms with E-state index in [-0.39, 0.29) is 23.2 Å². The van der Waals surface area contributed by atoms with Gasteiger partial charge in [0, 0.05) is 11.1 Å². The third-order valence-corrected chi connectivity index (χ3v) is 5.45. The molecule has 0 aliphatic heterocycles. The van der Waals surface area contributed by atoms with Gasteiger partial charge in [-0.2, -0.15) is 5.10 Å². The van der Waals surface area contributed by atoms with Gasteiger partial charge in [-0.15, -0.1) is 11.3 Å². The highest BCUT2D eigenvalue weighted by atomic mass is 32.1. The topological polar surface area (TPSA) is 90.3 Å². The van der Waals surface area contributed by atoms with Crippen LogP contribution >= 0.6 is 11.3 Å². The molecule has 0 saturated heterocycles. The van der Waals surface area contributed by atoms with E-state index in [2.05, 4.69) is 10.4 Å². The van der Waals surface area contributed by atoms with E-state index in [0.29, 0.717) is 27.1 Å². The van der Waals surface area contributed by atoms with Crippen molar-refractivity contribution in [2.75, 3.05) is 5.32 Å². The maximum Gasteiger partial charge on any atom is 0.364 e. The van der Waals surface area contributed by atoms with Crippen LogP contribution in [0, 0.1) is 0 Å². The van der Waals surface area contributed by atoms with Crippen molar-refractivity contribution in [3.05, 3.63) is 87.0 Å². The summed E-state index contributed by atoms with van der Waals surface area (Å²) in [5, 5.41) is 9.72. The Bertz CT molecular complexity index is 1310. The first-order valence-electron chi connectivity index (χ1n) is 9.62. The molecule has 0 saturated carbocycles. The lowest BCUT2D eigenvalue weighted by Crippen LogP contribution is -2.28. The highest BCUT2D eigenvalue weighted by molar-refractivity contribution is 7.12. The molecule has 8 heteroatoms. The minimum absolute atomic E-state index is 0.0685. The lowest BCUT2D eigenvalue weighted by Gasteiger charge is -2.13. The highest BCUT2D eigenvalue weighted by Gasteiger charge is 2.19. The molecule has 1 amide bonds. The second-order valence-electron chi connectivity index (χ2n) is 7.08. The zero-order valence-corrected chi connectivity index (χ0v) is 17.7. The van der Waals surface area contributed by atoms with Crippen LogP contribution in [0.2, 0.25) is 0 Å². The zero-order chi connectivity index (χ0) is 22.0. The summed E-state index contributed by atoms with van der Waals surface area (Å²) in [4.78, 5) is 38.2. The molecule has 0 radical (unpaired) electrons. The smallest absolute Gasteiger partial charge is 0.364 e. The molecular formula is C23H19N3O4S. The highest BCUT2D eigenvalue weighted by Crippen LogP contribution is 2.21. The van der Waals surface area contributed by atoms with Crippen LogP contribution in [0.5, 0.6) is 5.75 Å². The molecule has 0 spiro atoms. The molecule has 156 valence electrons. The molecule has 7 nitrogen and oxygen atoms in total. The molecule has 0 fully saturated rings. The number of benzene rings is 2. The van der Waals surface area contributed by atoms with E-state index in [1.54, 1.807) is 54.6 Å². The van der Waals surface area contributed by atoms with Crippen molar-refractivity contribution in [1.82, 2.24) is 9.78 Å². The Morgan fingerprint density at radius 3 is 2.35 bits per heavy atom. The van der Waals surface area contributed by atoms with Gasteiger partial charge in [0.2, 0.25) is 0 Å². The normalized spacial score (nSPS) is 10.9. The monoisotopic (exact) mass is 433 g/mol. The van der Waals surface area contributed by atoms with Crippen molar-refractivity contribution >= 4 is 39.7 Å². The third-order valence-electron chi connectivity index (χ3n) is 4.58. The lowest BCUT2D eigenvalue weighted by atomic mass is 10.1. The van der Waals surface area contributed by atoms with Crippen molar-refractivity contribution in [2.45, 2.75) is 19.9 Å². The van der Waals surface area contributed by atoms with Gasteiger partial charge in [0.1, 0.15) is 5.75 Å². The fourth-order valence-electron chi connectivity index (χ4n) is 3.07. The quantitative estimate of drug-likeness (QED) is 0.369. The Hall–Kier alpha value is -3.78. The van der Waals surface area contributed by atoms with Crippen LogP contribution in [0.1, 0.15) is 40.0 Å². The zero-order valence-electron chi connectivity index (χ0n) is 16.9. The average molecular weight is 433 g/mol. The first kappa shape index (κ1) is 20.5. The van der Waals surface area contributed by atoms with Gasteiger partial charge in [-0.25, -0.2) is 9.48 Å². The number of rotatable bonds is 5. The van der Waals surface area contributed by atoms with E-state index >= 15 is 0 Å². The summed E-state index contributed by atoms with van der Waals surface area (Å²) in [6.45, 7) is 3.64. The first-order valence-corrected chi connectivity index (χ1v) is 10.5. The van der Waals surface area contributed by atoms with Gasteiger partial charge in [-0.05, 0) is 55.6 Å². The predicted molar refractivity (Wildman–Crippen MR) is 120 cm³/mol. The molecule has 2 aromatic heterocycles. The van der Waals surface area contributed by atoms with E-state index in [1.165, 1.54) is 16.0 Å². The molecule has 0 bridgehead atoms. The molecule has 2 aromatic carbocycles. The Balaban J connectivity index is 1.57. The average Bonchev–Trinajstić information content (AvgIpc) is 3.30. The van der Waals surface area contributed by atoms with Crippen LogP contribution in [0.15, 0.2) is 70.8 Å². The summed E-state index contributed by atoms with van der Waals surface area (Å²) >= 11 is 1.35. The maximum absolute atomic E-state index is 12.9. The summed E-state index contributed by atoms with van der Waals surface area (Å²) < 4.78 is 6.77. The van der Waals surface area contributed by atoms with Crippen LogP contribution in [0.3, 0.4) is 0 Å². The van der Waals surface area contributed by atoms with E-state index in [0.717, 1.165) is 0 Å². The number of thiophene rings is 1. The van der Waals surface area contributed by atoms with Crippen molar-refractivity contribution in [3.63, 3.8) is 0 Å². The van der Waals surface area contributed by atoms with Crippen molar-refractivity contribution in [1.29, 1.82) is 0 Å². The number of anilines is 1. The van der Waals surface area contributed by atoms with Crippen LogP contribution in [0.25, 0.3) is 10.8 Å². The number of fused-ring (bicyclic) bond motifs is 1. The molecule has 4 rings (SSSR count). The molecule has 0 atom stereocenters. The largest absolute Gasteiger partial charge is 0.422 e. The maximum atomic E-state index is 12.9. The van der Waals surface area contributed by atoms with E-state index in [9.17, 15) is 14.4 Å². The molecule has 4 aromatic rings. The number of hydrogen-bond acceptors (Lipinski definition) is 6. The van der Waals surface area contributed by atoms with Gasteiger partial charge >= 0.3 is 5.97 Å². The molecule has 0 aliphatic rings. The van der Waals surface area contributed by atoms with E-state index < -0.39 is 5.97 Å². The van der Waals surface area contributed by atoms with Gasteiger partial charge < -0.3 is 10.1 Å². The number of nitrogens with zero attached hydrogens (tertiary/aromatic N) is 2. The summed E-state index contributed by atoms with van der Waals surface area (Å²) in [6, 6.07) is 16.6. The van der Waals surface area contributed by atoms with Gasteiger partial charge in [0.05, 0.1) is 16.3 Å². The molecule has 31 heavy (non-hydrogen) atoms. The van der Waals surface area contributed by atoms with Crippen molar-refractivity contribution < 1.29 is 14.3 Å².